The number of thiazole rings is 2. The minimum Gasteiger partial charge on any atom is -0.497 e. The predicted molar refractivity (Wildman–Crippen MR) is 256 cm³/mol. The standard InChI is InChI=1S/2C21H21Cl2N3O4S2/c1-29-15-4-5-16(19(12-15)30-2)18-13-31-21(24-18)25-7-9-26(10-8-25)32(27,28)20-11-14(22)3-6-17(20)23;1-29-15-4-6-19(30-2)16(12-15)18-13-31-21(24-18)25-7-9-26(10-8-25)32(27,28)20-11-14(22)3-5-17(20)23/h2*3-6,11-13H,7-10H2,1-2H3. The van der Waals surface area contributed by atoms with Crippen LogP contribution in [0.4, 0.5) is 10.3 Å². The molecule has 0 atom stereocenters. The number of aromatic nitrogens is 2. The van der Waals surface area contributed by atoms with Crippen molar-refractivity contribution in [3.63, 3.8) is 0 Å². The first-order chi connectivity index (χ1) is 30.7. The Hall–Kier alpha value is -4.08. The molecule has 0 radical (unpaired) electrons. The fraction of sp³-hybridized carbons (Fsp3) is 0.286. The van der Waals surface area contributed by atoms with E-state index in [0.29, 0.717) is 85.4 Å². The summed E-state index contributed by atoms with van der Waals surface area (Å²) in [5.74, 6) is 2.81. The number of anilines is 2. The van der Waals surface area contributed by atoms with Crippen LogP contribution >= 0.6 is 69.1 Å². The van der Waals surface area contributed by atoms with Crippen LogP contribution < -0.4 is 28.7 Å². The van der Waals surface area contributed by atoms with E-state index in [2.05, 4.69) is 9.80 Å². The summed E-state index contributed by atoms with van der Waals surface area (Å²) in [7, 11) is -1.02. The zero-order chi connectivity index (χ0) is 45.8. The number of benzene rings is 4. The second kappa shape index (κ2) is 20.6. The Balaban J connectivity index is 0.000000191. The summed E-state index contributed by atoms with van der Waals surface area (Å²) >= 11 is 27.2. The Labute approximate surface area is 400 Å². The molecule has 2 fully saturated rings. The quantitative estimate of drug-likeness (QED) is 0.115. The number of halogens is 4. The maximum atomic E-state index is 13.0. The molecule has 0 unspecified atom stereocenters. The summed E-state index contributed by atoms with van der Waals surface area (Å²) in [5.41, 5.74) is 3.28. The van der Waals surface area contributed by atoms with E-state index < -0.39 is 20.0 Å². The van der Waals surface area contributed by atoms with Crippen LogP contribution in [0.5, 0.6) is 23.0 Å². The lowest BCUT2D eigenvalue weighted by Gasteiger charge is -2.34. The number of nitrogens with zero attached hydrogens (tertiary/aromatic N) is 6. The minimum atomic E-state index is -3.73. The van der Waals surface area contributed by atoms with Crippen molar-refractivity contribution >= 4 is 99.4 Å². The molecule has 2 aromatic heterocycles. The molecule has 6 aromatic rings. The Bertz CT molecular complexity index is 2830. The van der Waals surface area contributed by atoms with Gasteiger partial charge in [-0.1, -0.05) is 46.4 Å². The highest BCUT2D eigenvalue weighted by Gasteiger charge is 2.33. The van der Waals surface area contributed by atoms with Crippen molar-refractivity contribution in [2.45, 2.75) is 9.79 Å². The molecule has 0 amide bonds. The zero-order valence-corrected chi connectivity index (χ0v) is 41.1. The summed E-state index contributed by atoms with van der Waals surface area (Å²) < 4.78 is 76.6. The molecule has 64 heavy (non-hydrogen) atoms. The average molecular weight is 1030 g/mol. The third-order valence-corrected chi connectivity index (χ3v) is 17.4. The van der Waals surface area contributed by atoms with E-state index in [1.807, 2.05) is 47.2 Å². The molecule has 8 rings (SSSR count). The number of rotatable bonds is 12. The van der Waals surface area contributed by atoms with Gasteiger partial charge in [-0.05, 0) is 66.7 Å². The number of methoxy groups -OCH3 is 4. The minimum absolute atomic E-state index is 0.0294. The molecule has 2 aliphatic rings. The molecule has 4 aromatic carbocycles. The highest BCUT2D eigenvalue weighted by Crippen LogP contribution is 2.38. The maximum Gasteiger partial charge on any atom is 0.244 e. The predicted octanol–water partition coefficient (Wildman–Crippen LogP) is 9.29. The van der Waals surface area contributed by atoms with Gasteiger partial charge in [0, 0.05) is 90.4 Å². The smallest absolute Gasteiger partial charge is 0.244 e. The Morgan fingerprint density at radius 3 is 1.39 bits per heavy atom. The molecule has 0 saturated carbocycles. The summed E-state index contributed by atoms with van der Waals surface area (Å²) in [6.45, 7) is 3.36. The van der Waals surface area contributed by atoms with Crippen LogP contribution in [0.1, 0.15) is 0 Å². The van der Waals surface area contributed by atoms with Gasteiger partial charge in [0.1, 0.15) is 32.8 Å². The van der Waals surface area contributed by atoms with Crippen LogP contribution in [-0.2, 0) is 20.0 Å². The molecule has 0 aliphatic carbocycles. The lowest BCUT2D eigenvalue weighted by molar-refractivity contribution is 0.384. The van der Waals surface area contributed by atoms with Gasteiger partial charge in [-0.2, -0.15) is 8.61 Å². The molecule has 0 N–H and O–H groups in total. The molecule has 0 bridgehead atoms. The first-order valence-electron chi connectivity index (χ1n) is 19.4. The van der Waals surface area contributed by atoms with Gasteiger partial charge in [0.05, 0.1) is 49.9 Å². The van der Waals surface area contributed by atoms with E-state index in [-0.39, 0.29) is 19.8 Å². The van der Waals surface area contributed by atoms with Gasteiger partial charge >= 0.3 is 0 Å². The number of piperazine rings is 2. The molecular weight excluding hydrogens is 987 g/mol. The van der Waals surface area contributed by atoms with Crippen LogP contribution in [0.3, 0.4) is 0 Å². The highest BCUT2D eigenvalue weighted by atomic mass is 35.5. The van der Waals surface area contributed by atoms with Crippen LogP contribution in [0.15, 0.2) is 93.3 Å². The van der Waals surface area contributed by atoms with Gasteiger partial charge in [0.2, 0.25) is 20.0 Å². The fourth-order valence-corrected chi connectivity index (χ4v) is 13.0. The first kappa shape index (κ1) is 47.9. The molecule has 22 heteroatoms. The highest BCUT2D eigenvalue weighted by molar-refractivity contribution is 7.89. The molecule has 14 nitrogen and oxygen atoms in total. The van der Waals surface area contributed by atoms with Crippen LogP contribution in [0.2, 0.25) is 20.1 Å². The van der Waals surface area contributed by atoms with E-state index >= 15 is 0 Å². The number of hydrogen-bond acceptors (Lipinski definition) is 14. The summed E-state index contributed by atoms with van der Waals surface area (Å²) in [6.07, 6.45) is 0. The average Bonchev–Trinajstić information content (AvgIpc) is 4.02. The molecule has 340 valence electrons. The zero-order valence-electron chi connectivity index (χ0n) is 34.8. The van der Waals surface area contributed by atoms with Crippen molar-refractivity contribution < 1.29 is 35.8 Å². The van der Waals surface area contributed by atoms with E-state index in [1.165, 1.54) is 55.5 Å². The van der Waals surface area contributed by atoms with Gasteiger partial charge in [-0.3, -0.25) is 0 Å². The van der Waals surface area contributed by atoms with Crippen LogP contribution in [0, 0.1) is 0 Å². The van der Waals surface area contributed by atoms with Crippen molar-refractivity contribution in [2.75, 3.05) is 90.6 Å². The first-order valence-corrected chi connectivity index (χ1v) is 25.6. The van der Waals surface area contributed by atoms with Gasteiger partial charge in [0.25, 0.3) is 0 Å². The van der Waals surface area contributed by atoms with Crippen molar-refractivity contribution in [1.82, 2.24) is 18.6 Å². The molecule has 4 heterocycles. The van der Waals surface area contributed by atoms with Gasteiger partial charge in [0.15, 0.2) is 10.3 Å². The SMILES string of the molecule is COc1ccc(-c2csc(N3CCN(S(=O)(=O)c4cc(Cl)ccc4Cl)CC3)n2)c(OC)c1.COc1ccc(OC)c(-c2csc(N3CCN(S(=O)(=O)c4cc(Cl)ccc4Cl)CC3)n2)c1. The Kier molecular flexibility index (Phi) is 15.4. The van der Waals surface area contributed by atoms with Crippen LogP contribution in [0.25, 0.3) is 22.5 Å². The van der Waals surface area contributed by atoms with Crippen molar-refractivity contribution in [3.05, 3.63) is 104 Å². The van der Waals surface area contributed by atoms with Gasteiger partial charge < -0.3 is 28.7 Å². The Morgan fingerprint density at radius 1 is 0.500 bits per heavy atom. The molecule has 2 aliphatic heterocycles. The largest absolute Gasteiger partial charge is 0.497 e. The number of ether oxygens (including phenoxy) is 4. The van der Waals surface area contributed by atoms with Crippen LogP contribution in [-0.4, -0.2) is 116 Å². The van der Waals surface area contributed by atoms with Crippen molar-refractivity contribution in [1.29, 1.82) is 0 Å². The van der Waals surface area contributed by atoms with E-state index in [0.717, 1.165) is 32.8 Å². The maximum absolute atomic E-state index is 13.0. The number of hydrogen-bond donors (Lipinski definition) is 0. The molecule has 0 spiro atoms. The summed E-state index contributed by atoms with van der Waals surface area (Å²) in [5, 5.41) is 6.56. The second-order valence-corrected chi connectivity index (χ2v) is 21.3. The monoisotopic (exact) mass is 1030 g/mol. The second-order valence-electron chi connectivity index (χ2n) is 14.1. The van der Waals surface area contributed by atoms with E-state index in [1.54, 1.807) is 40.6 Å². The third kappa shape index (κ3) is 10.5. The van der Waals surface area contributed by atoms with E-state index in [9.17, 15) is 16.8 Å². The molecule has 2 saturated heterocycles. The number of sulfonamides is 2. The lowest BCUT2D eigenvalue weighted by Crippen LogP contribution is -2.48. The summed E-state index contributed by atoms with van der Waals surface area (Å²) in [4.78, 5) is 13.7. The fourth-order valence-electron chi connectivity index (χ4n) is 6.96. The molecular formula is C42H42Cl4N6O8S4. The van der Waals surface area contributed by atoms with Gasteiger partial charge in [-0.25, -0.2) is 26.8 Å². The Morgan fingerprint density at radius 2 is 0.938 bits per heavy atom. The van der Waals surface area contributed by atoms with Crippen molar-refractivity contribution in [3.8, 4) is 45.5 Å². The summed E-state index contributed by atoms with van der Waals surface area (Å²) in [6, 6.07) is 20.1. The van der Waals surface area contributed by atoms with Gasteiger partial charge in [-0.15, -0.1) is 22.7 Å². The topological polar surface area (TPSA) is 144 Å². The van der Waals surface area contributed by atoms with Crippen molar-refractivity contribution in [2.24, 2.45) is 0 Å². The normalized spacial score (nSPS) is 15.1. The van der Waals surface area contributed by atoms with E-state index in [4.69, 9.17) is 75.3 Å². The third-order valence-electron chi connectivity index (χ3n) is 10.4. The lowest BCUT2D eigenvalue weighted by atomic mass is 10.1.